The van der Waals surface area contributed by atoms with E-state index < -0.39 is 0 Å². The Balaban J connectivity index is 1.41. The van der Waals surface area contributed by atoms with Crippen LogP contribution in [0.25, 0.3) is 0 Å². The molecule has 1 N–H and O–H groups in total. The van der Waals surface area contributed by atoms with Crippen LogP contribution in [0.15, 0.2) is 30.3 Å². The molecule has 0 bridgehead atoms. The third-order valence-corrected chi connectivity index (χ3v) is 4.75. The van der Waals surface area contributed by atoms with E-state index in [1.165, 1.54) is 0 Å². The minimum Gasteiger partial charge on any atom is -0.484 e. The maximum absolute atomic E-state index is 12.3. The molecular formula is C18H24N2O4. The fourth-order valence-electron chi connectivity index (χ4n) is 3.39. The highest BCUT2D eigenvalue weighted by molar-refractivity contribution is 5.85. The highest BCUT2D eigenvalue weighted by atomic mass is 16.5. The Morgan fingerprint density at radius 3 is 2.83 bits per heavy atom. The predicted molar refractivity (Wildman–Crippen MR) is 88.6 cm³/mol. The third kappa shape index (κ3) is 4.26. The van der Waals surface area contributed by atoms with Gasteiger partial charge >= 0.3 is 0 Å². The summed E-state index contributed by atoms with van der Waals surface area (Å²) >= 11 is 0. The highest BCUT2D eigenvalue weighted by Gasteiger charge is 2.40. The molecule has 2 fully saturated rings. The van der Waals surface area contributed by atoms with E-state index in [1.807, 2.05) is 23.1 Å². The monoisotopic (exact) mass is 332 g/mol. The molecule has 0 aromatic heterocycles. The second-order valence-electron chi connectivity index (χ2n) is 6.60. The smallest absolute Gasteiger partial charge is 0.258 e. The number of hydrogen-bond acceptors (Lipinski definition) is 4. The van der Waals surface area contributed by atoms with Crippen LogP contribution in [0.5, 0.6) is 5.75 Å². The van der Waals surface area contributed by atoms with Crippen molar-refractivity contribution in [1.29, 1.82) is 0 Å². The molecule has 0 radical (unpaired) electrons. The Hall–Kier alpha value is -2.08. The fourth-order valence-corrected chi connectivity index (χ4v) is 3.39. The number of benzene rings is 1. The van der Waals surface area contributed by atoms with Gasteiger partial charge in [-0.3, -0.25) is 9.59 Å². The van der Waals surface area contributed by atoms with Crippen molar-refractivity contribution in [3.8, 4) is 5.75 Å². The standard InChI is InChI=1S/C18H24N2O4/c21-16(12-24-15-5-2-1-3-6-15)19-11-17(22)20-9-4-7-18(13-20)8-10-23-14-18/h1-3,5-6H,4,7-14H2,(H,19,21). The zero-order valence-corrected chi connectivity index (χ0v) is 13.8. The normalized spacial score (nSPS) is 23.2. The fraction of sp³-hybridized carbons (Fsp3) is 0.556. The Labute approximate surface area is 142 Å². The van der Waals surface area contributed by atoms with E-state index in [0.717, 1.165) is 45.6 Å². The molecular weight excluding hydrogens is 308 g/mol. The number of carbonyl (C=O) groups excluding carboxylic acids is 2. The van der Waals surface area contributed by atoms with Crippen molar-refractivity contribution < 1.29 is 19.1 Å². The number of rotatable bonds is 5. The average molecular weight is 332 g/mol. The van der Waals surface area contributed by atoms with Gasteiger partial charge in [0, 0.05) is 25.1 Å². The van der Waals surface area contributed by atoms with Crippen molar-refractivity contribution in [3.05, 3.63) is 30.3 Å². The maximum Gasteiger partial charge on any atom is 0.258 e. The van der Waals surface area contributed by atoms with Gasteiger partial charge in [0.25, 0.3) is 5.91 Å². The lowest BCUT2D eigenvalue weighted by atomic mass is 9.79. The number of ether oxygens (including phenoxy) is 2. The molecule has 24 heavy (non-hydrogen) atoms. The minimum atomic E-state index is -0.289. The van der Waals surface area contributed by atoms with Crippen LogP contribution in [0.1, 0.15) is 19.3 Å². The van der Waals surface area contributed by atoms with E-state index in [4.69, 9.17) is 9.47 Å². The van der Waals surface area contributed by atoms with E-state index in [1.54, 1.807) is 12.1 Å². The molecule has 1 aromatic carbocycles. The molecule has 2 heterocycles. The average Bonchev–Trinajstić information content (AvgIpc) is 3.06. The first kappa shape index (κ1) is 16.8. The first-order chi connectivity index (χ1) is 11.7. The molecule has 0 saturated carbocycles. The molecule has 1 spiro atoms. The minimum absolute atomic E-state index is 0.0217. The zero-order valence-electron chi connectivity index (χ0n) is 13.8. The lowest BCUT2D eigenvalue weighted by Gasteiger charge is -2.39. The van der Waals surface area contributed by atoms with E-state index in [2.05, 4.69) is 5.32 Å². The van der Waals surface area contributed by atoms with Crippen molar-refractivity contribution >= 4 is 11.8 Å². The highest BCUT2D eigenvalue weighted by Crippen LogP contribution is 2.37. The number of nitrogens with zero attached hydrogens (tertiary/aromatic N) is 1. The molecule has 6 nitrogen and oxygen atoms in total. The summed E-state index contributed by atoms with van der Waals surface area (Å²) in [6.45, 7) is 2.96. The summed E-state index contributed by atoms with van der Waals surface area (Å²) in [4.78, 5) is 26.0. The molecule has 1 aromatic rings. The van der Waals surface area contributed by atoms with Crippen LogP contribution in [-0.2, 0) is 14.3 Å². The van der Waals surface area contributed by atoms with Crippen molar-refractivity contribution in [3.63, 3.8) is 0 Å². The molecule has 2 amide bonds. The van der Waals surface area contributed by atoms with Crippen LogP contribution >= 0.6 is 0 Å². The molecule has 6 heteroatoms. The van der Waals surface area contributed by atoms with Gasteiger partial charge in [0.1, 0.15) is 5.75 Å². The van der Waals surface area contributed by atoms with Crippen molar-refractivity contribution in [2.45, 2.75) is 19.3 Å². The summed E-state index contributed by atoms with van der Waals surface area (Å²) < 4.78 is 10.9. The third-order valence-electron chi connectivity index (χ3n) is 4.75. The quantitative estimate of drug-likeness (QED) is 0.880. The number of likely N-dealkylation sites (tertiary alicyclic amines) is 1. The van der Waals surface area contributed by atoms with Crippen LogP contribution in [0.3, 0.4) is 0 Å². The first-order valence-electron chi connectivity index (χ1n) is 8.47. The maximum atomic E-state index is 12.3. The summed E-state index contributed by atoms with van der Waals surface area (Å²) in [6, 6.07) is 9.14. The summed E-state index contributed by atoms with van der Waals surface area (Å²) in [5, 5.41) is 2.64. The molecule has 3 rings (SSSR count). The number of amides is 2. The molecule has 1 atom stereocenters. The number of para-hydroxylation sites is 1. The molecule has 130 valence electrons. The van der Waals surface area contributed by atoms with E-state index in [-0.39, 0.29) is 30.4 Å². The summed E-state index contributed by atoms with van der Waals surface area (Å²) in [6.07, 6.45) is 3.14. The largest absolute Gasteiger partial charge is 0.484 e. The van der Waals surface area contributed by atoms with Crippen LogP contribution in [0, 0.1) is 5.41 Å². The molecule has 2 aliphatic heterocycles. The zero-order chi connectivity index (χ0) is 16.8. The van der Waals surface area contributed by atoms with Gasteiger partial charge in [-0.2, -0.15) is 0 Å². The molecule has 0 aliphatic carbocycles. The second kappa shape index (κ2) is 7.66. The Bertz CT molecular complexity index is 570. The second-order valence-corrected chi connectivity index (χ2v) is 6.60. The van der Waals surface area contributed by atoms with Gasteiger partial charge in [0.2, 0.25) is 5.91 Å². The van der Waals surface area contributed by atoms with Crippen molar-refractivity contribution in [1.82, 2.24) is 10.2 Å². The number of hydrogen-bond donors (Lipinski definition) is 1. The number of nitrogens with one attached hydrogen (secondary N) is 1. The molecule has 2 aliphatic rings. The van der Waals surface area contributed by atoms with Gasteiger partial charge in [0.15, 0.2) is 6.61 Å². The summed E-state index contributed by atoms with van der Waals surface area (Å²) in [5.41, 5.74) is 0.133. The van der Waals surface area contributed by atoms with Crippen LogP contribution < -0.4 is 10.1 Å². The SMILES string of the molecule is O=C(COc1ccccc1)NCC(=O)N1CCCC2(CCOC2)C1. The summed E-state index contributed by atoms with van der Waals surface area (Å²) in [7, 11) is 0. The van der Waals surface area contributed by atoms with Crippen LogP contribution in [-0.4, -0.2) is 56.2 Å². The van der Waals surface area contributed by atoms with Crippen molar-refractivity contribution in [2.75, 3.05) is 39.5 Å². The van der Waals surface area contributed by atoms with Gasteiger partial charge < -0.3 is 19.7 Å². The van der Waals surface area contributed by atoms with Gasteiger partial charge in [0.05, 0.1) is 13.2 Å². The van der Waals surface area contributed by atoms with Gasteiger partial charge in [-0.05, 0) is 31.4 Å². The lowest BCUT2D eigenvalue weighted by Crippen LogP contribution is -2.49. The first-order valence-corrected chi connectivity index (χ1v) is 8.47. The number of carbonyl (C=O) groups is 2. The van der Waals surface area contributed by atoms with Crippen molar-refractivity contribution in [2.24, 2.45) is 5.41 Å². The lowest BCUT2D eigenvalue weighted by molar-refractivity contribution is -0.136. The summed E-state index contributed by atoms with van der Waals surface area (Å²) in [5.74, 6) is 0.315. The van der Waals surface area contributed by atoms with E-state index in [9.17, 15) is 9.59 Å². The van der Waals surface area contributed by atoms with Crippen LogP contribution in [0.2, 0.25) is 0 Å². The predicted octanol–water partition coefficient (Wildman–Crippen LogP) is 1.21. The van der Waals surface area contributed by atoms with Gasteiger partial charge in [-0.15, -0.1) is 0 Å². The Morgan fingerprint density at radius 1 is 1.25 bits per heavy atom. The Kier molecular flexibility index (Phi) is 5.35. The Morgan fingerprint density at radius 2 is 2.08 bits per heavy atom. The van der Waals surface area contributed by atoms with Gasteiger partial charge in [-0.1, -0.05) is 18.2 Å². The number of piperidine rings is 1. The van der Waals surface area contributed by atoms with Gasteiger partial charge in [-0.25, -0.2) is 0 Å². The van der Waals surface area contributed by atoms with E-state index in [0.29, 0.717) is 5.75 Å². The van der Waals surface area contributed by atoms with E-state index >= 15 is 0 Å². The topological polar surface area (TPSA) is 67.9 Å². The molecule has 1 unspecified atom stereocenters. The molecule has 2 saturated heterocycles. The van der Waals surface area contributed by atoms with Crippen LogP contribution in [0.4, 0.5) is 0 Å².